The maximum absolute atomic E-state index is 13.7. The number of halogens is 1. The number of anilines is 1. The zero-order valence-electron chi connectivity index (χ0n) is 13.1. The Balaban J connectivity index is 0.000000508. The van der Waals surface area contributed by atoms with Crippen LogP contribution in [0.4, 0.5) is 10.2 Å². The molecule has 24 heavy (non-hydrogen) atoms. The summed E-state index contributed by atoms with van der Waals surface area (Å²) in [5.41, 5.74) is 2.28. The standard InChI is InChI=1S/C15H12FN3O2.C3H6/c16-13-3-1-2-11(12(13)8-20)10-4-5-15-18-14(17-9-21)7-19(15)6-10;1-2-3-1/h1-7,9,20H,8H2,(H,17,21);1-3H2. The maximum Gasteiger partial charge on any atom is 0.212 e. The van der Waals surface area contributed by atoms with Crippen LogP contribution in [-0.4, -0.2) is 20.9 Å². The van der Waals surface area contributed by atoms with Gasteiger partial charge in [-0.05, 0) is 29.3 Å². The highest BCUT2D eigenvalue weighted by atomic mass is 19.1. The Morgan fingerprint density at radius 3 is 2.67 bits per heavy atom. The average molecular weight is 327 g/mol. The van der Waals surface area contributed by atoms with E-state index in [2.05, 4.69) is 10.3 Å². The average Bonchev–Trinajstić information content (AvgIpc) is 3.41. The van der Waals surface area contributed by atoms with E-state index in [9.17, 15) is 14.3 Å². The Hall–Kier alpha value is -2.73. The van der Waals surface area contributed by atoms with Crippen molar-refractivity contribution in [1.82, 2.24) is 9.38 Å². The van der Waals surface area contributed by atoms with E-state index in [-0.39, 0.29) is 12.2 Å². The van der Waals surface area contributed by atoms with Crippen LogP contribution in [0.1, 0.15) is 24.8 Å². The van der Waals surface area contributed by atoms with E-state index in [0.29, 0.717) is 23.4 Å². The predicted octanol–water partition coefficient (Wildman–Crippen LogP) is 3.37. The fourth-order valence-electron chi connectivity index (χ4n) is 2.27. The zero-order chi connectivity index (χ0) is 16.9. The minimum atomic E-state index is -0.441. The van der Waals surface area contributed by atoms with Crippen molar-refractivity contribution in [3.63, 3.8) is 0 Å². The molecule has 0 radical (unpaired) electrons. The summed E-state index contributed by atoms with van der Waals surface area (Å²) in [5, 5.41) is 11.8. The first-order valence-corrected chi connectivity index (χ1v) is 7.80. The molecule has 0 atom stereocenters. The van der Waals surface area contributed by atoms with E-state index in [4.69, 9.17) is 0 Å². The first-order chi connectivity index (χ1) is 11.7. The number of hydrogen-bond acceptors (Lipinski definition) is 3. The largest absolute Gasteiger partial charge is 0.392 e. The number of pyridine rings is 1. The lowest BCUT2D eigenvalue weighted by atomic mass is 10.0. The highest BCUT2D eigenvalue weighted by molar-refractivity contribution is 5.72. The van der Waals surface area contributed by atoms with E-state index in [1.54, 1.807) is 41.1 Å². The van der Waals surface area contributed by atoms with Crippen LogP contribution in [0.25, 0.3) is 16.8 Å². The van der Waals surface area contributed by atoms with Gasteiger partial charge in [0.2, 0.25) is 6.41 Å². The second-order valence-corrected chi connectivity index (χ2v) is 5.56. The van der Waals surface area contributed by atoms with Crippen molar-refractivity contribution in [3.8, 4) is 11.1 Å². The molecule has 1 aromatic carbocycles. The molecule has 1 aliphatic carbocycles. The van der Waals surface area contributed by atoms with Gasteiger partial charge in [0, 0.05) is 11.8 Å². The second-order valence-electron chi connectivity index (χ2n) is 5.56. The molecule has 0 saturated heterocycles. The minimum absolute atomic E-state index is 0.253. The van der Waals surface area contributed by atoms with Gasteiger partial charge in [0.25, 0.3) is 0 Å². The summed E-state index contributed by atoms with van der Waals surface area (Å²) >= 11 is 0. The summed E-state index contributed by atoms with van der Waals surface area (Å²) in [6, 6.07) is 8.22. The van der Waals surface area contributed by atoms with E-state index in [1.807, 2.05) is 0 Å². The van der Waals surface area contributed by atoms with E-state index in [0.717, 1.165) is 5.56 Å². The lowest BCUT2D eigenvalue weighted by Crippen LogP contribution is -1.95. The number of nitrogens with zero attached hydrogens (tertiary/aromatic N) is 2. The summed E-state index contributed by atoms with van der Waals surface area (Å²) in [4.78, 5) is 14.6. The Morgan fingerprint density at radius 1 is 1.21 bits per heavy atom. The van der Waals surface area contributed by atoms with Gasteiger partial charge in [0.15, 0.2) is 5.82 Å². The van der Waals surface area contributed by atoms with Crippen LogP contribution in [0, 0.1) is 5.82 Å². The third-order valence-corrected chi connectivity index (χ3v) is 3.60. The molecule has 5 nitrogen and oxygen atoms in total. The van der Waals surface area contributed by atoms with Gasteiger partial charge in [-0.15, -0.1) is 0 Å². The van der Waals surface area contributed by atoms with Gasteiger partial charge in [-0.3, -0.25) is 4.79 Å². The molecule has 0 bridgehead atoms. The number of nitrogens with one attached hydrogen (secondary N) is 1. The summed E-state index contributed by atoms with van der Waals surface area (Å²) in [6.45, 7) is -0.373. The van der Waals surface area contributed by atoms with Crippen LogP contribution in [0.2, 0.25) is 0 Å². The Labute approximate surface area is 138 Å². The van der Waals surface area contributed by atoms with Crippen molar-refractivity contribution in [1.29, 1.82) is 0 Å². The molecule has 2 N–H and O–H groups in total. The van der Waals surface area contributed by atoms with Gasteiger partial charge in [-0.2, -0.15) is 0 Å². The monoisotopic (exact) mass is 327 g/mol. The van der Waals surface area contributed by atoms with Gasteiger partial charge in [-0.25, -0.2) is 9.37 Å². The molecule has 1 fully saturated rings. The van der Waals surface area contributed by atoms with Crippen molar-refractivity contribution in [2.75, 3.05) is 5.32 Å². The number of benzene rings is 1. The Kier molecular flexibility index (Phi) is 4.86. The Morgan fingerprint density at radius 2 is 2.00 bits per heavy atom. The highest BCUT2D eigenvalue weighted by Gasteiger charge is 2.10. The van der Waals surface area contributed by atoms with E-state index >= 15 is 0 Å². The number of rotatable bonds is 4. The number of fused-ring (bicyclic) bond motifs is 1. The molecule has 0 spiro atoms. The molecule has 2 heterocycles. The van der Waals surface area contributed by atoms with Crippen LogP contribution in [0.3, 0.4) is 0 Å². The van der Waals surface area contributed by atoms with Gasteiger partial charge >= 0.3 is 0 Å². The first-order valence-electron chi connectivity index (χ1n) is 7.80. The van der Waals surface area contributed by atoms with E-state index in [1.165, 1.54) is 25.3 Å². The highest BCUT2D eigenvalue weighted by Crippen LogP contribution is 2.26. The molecule has 0 unspecified atom stereocenters. The number of carbonyl (C=O) groups excluding carboxylic acids is 1. The zero-order valence-corrected chi connectivity index (χ0v) is 13.1. The van der Waals surface area contributed by atoms with Crippen molar-refractivity contribution in [2.24, 2.45) is 0 Å². The SMILES string of the molecule is C1CC1.O=CNc1cn2cc(-c3cccc(F)c3CO)ccc2n1. The molecule has 1 aliphatic rings. The fourth-order valence-corrected chi connectivity index (χ4v) is 2.27. The van der Waals surface area contributed by atoms with Gasteiger partial charge in [0.05, 0.1) is 12.8 Å². The van der Waals surface area contributed by atoms with Crippen LogP contribution in [-0.2, 0) is 11.4 Å². The van der Waals surface area contributed by atoms with Crippen molar-refractivity contribution in [2.45, 2.75) is 25.9 Å². The maximum atomic E-state index is 13.7. The number of aliphatic hydroxyl groups excluding tert-OH is 1. The predicted molar refractivity (Wildman–Crippen MR) is 90.0 cm³/mol. The quantitative estimate of drug-likeness (QED) is 0.722. The molecule has 1 saturated carbocycles. The number of imidazole rings is 1. The smallest absolute Gasteiger partial charge is 0.212 e. The number of aliphatic hydroxyl groups is 1. The third-order valence-electron chi connectivity index (χ3n) is 3.60. The summed E-state index contributed by atoms with van der Waals surface area (Å²) in [7, 11) is 0. The van der Waals surface area contributed by atoms with Crippen LogP contribution >= 0.6 is 0 Å². The number of hydrogen-bond donors (Lipinski definition) is 2. The number of amides is 1. The van der Waals surface area contributed by atoms with Crippen molar-refractivity contribution < 1.29 is 14.3 Å². The molecule has 1 amide bonds. The molecular formula is C18H18FN3O2. The summed E-state index contributed by atoms with van der Waals surface area (Å²) in [6.07, 6.45) is 8.48. The molecule has 3 aromatic rings. The van der Waals surface area contributed by atoms with Crippen molar-refractivity contribution >= 4 is 17.9 Å². The Bertz CT molecular complexity index is 856. The second kappa shape index (κ2) is 7.23. The number of carbonyl (C=O) groups is 1. The minimum Gasteiger partial charge on any atom is -0.392 e. The molecule has 0 aliphatic heterocycles. The van der Waals surface area contributed by atoms with Crippen molar-refractivity contribution in [3.05, 3.63) is 54.1 Å². The van der Waals surface area contributed by atoms with Crippen LogP contribution in [0.5, 0.6) is 0 Å². The molecule has 4 rings (SSSR count). The fraction of sp³-hybridized carbons (Fsp3) is 0.222. The molecule has 124 valence electrons. The van der Waals surface area contributed by atoms with Gasteiger partial charge in [0.1, 0.15) is 11.5 Å². The van der Waals surface area contributed by atoms with Crippen LogP contribution < -0.4 is 5.32 Å². The normalized spacial score (nSPS) is 12.4. The van der Waals surface area contributed by atoms with Gasteiger partial charge in [-0.1, -0.05) is 31.4 Å². The first kappa shape index (κ1) is 16.1. The summed E-state index contributed by atoms with van der Waals surface area (Å²) in [5.74, 6) is -0.00666. The lowest BCUT2D eigenvalue weighted by Gasteiger charge is -2.09. The topological polar surface area (TPSA) is 66.6 Å². The van der Waals surface area contributed by atoms with E-state index < -0.39 is 5.82 Å². The molecule has 2 aromatic heterocycles. The van der Waals surface area contributed by atoms with Gasteiger partial charge < -0.3 is 14.8 Å². The lowest BCUT2D eigenvalue weighted by molar-refractivity contribution is -0.105. The molecular weight excluding hydrogens is 309 g/mol. The summed E-state index contributed by atoms with van der Waals surface area (Å²) < 4.78 is 15.5. The van der Waals surface area contributed by atoms with Crippen LogP contribution in [0.15, 0.2) is 42.7 Å². The number of aromatic nitrogens is 2. The third kappa shape index (κ3) is 3.60. The molecule has 6 heteroatoms.